The van der Waals surface area contributed by atoms with Crippen molar-refractivity contribution in [3.05, 3.63) is 75.8 Å². The maximum absolute atomic E-state index is 13.5. The predicted octanol–water partition coefficient (Wildman–Crippen LogP) is 2.02. The number of fused-ring (bicyclic) bond motifs is 2. The fourth-order valence-corrected chi connectivity index (χ4v) is 4.93. The number of piperazine rings is 1. The SMILES string of the molecule is CCN1CCN([C@@H](c2cc3cc4c(cc3[nH]c2=O)OCO4)c2nnnn2Cc2ccccc2)CC1. The van der Waals surface area contributed by atoms with Gasteiger partial charge in [0, 0.05) is 43.2 Å². The largest absolute Gasteiger partial charge is 0.454 e. The molecule has 0 radical (unpaired) electrons. The lowest BCUT2D eigenvalue weighted by molar-refractivity contribution is 0.108. The topological polar surface area (TPSA) is 101 Å². The van der Waals surface area contributed by atoms with Crippen molar-refractivity contribution in [2.75, 3.05) is 39.5 Å². The summed E-state index contributed by atoms with van der Waals surface area (Å²) in [6.07, 6.45) is 0. The summed E-state index contributed by atoms with van der Waals surface area (Å²) in [6.45, 7) is 7.37. The molecule has 0 spiro atoms. The van der Waals surface area contributed by atoms with Gasteiger partial charge in [0.05, 0.1) is 12.1 Å². The summed E-state index contributed by atoms with van der Waals surface area (Å²) < 4.78 is 12.9. The van der Waals surface area contributed by atoms with Crippen LogP contribution in [0, 0.1) is 0 Å². The first-order chi connectivity index (χ1) is 17.2. The van der Waals surface area contributed by atoms with Crippen molar-refractivity contribution in [1.29, 1.82) is 0 Å². The summed E-state index contributed by atoms with van der Waals surface area (Å²) in [5.41, 5.74) is 2.26. The van der Waals surface area contributed by atoms with E-state index < -0.39 is 0 Å². The number of nitrogens with one attached hydrogen (secondary N) is 1. The van der Waals surface area contributed by atoms with Crippen LogP contribution in [0.2, 0.25) is 0 Å². The zero-order valence-corrected chi connectivity index (χ0v) is 19.6. The molecule has 0 unspecified atom stereocenters. The molecule has 2 aromatic carbocycles. The summed E-state index contributed by atoms with van der Waals surface area (Å²) >= 11 is 0. The van der Waals surface area contributed by atoms with Crippen molar-refractivity contribution in [1.82, 2.24) is 35.0 Å². The van der Waals surface area contributed by atoms with Gasteiger partial charge in [0.15, 0.2) is 17.3 Å². The van der Waals surface area contributed by atoms with Gasteiger partial charge in [0.25, 0.3) is 5.56 Å². The second-order valence-corrected chi connectivity index (χ2v) is 8.90. The average Bonchev–Trinajstić information content (AvgIpc) is 3.53. The van der Waals surface area contributed by atoms with Crippen LogP contribution in [0.25, 0.3) is 10.9 Å². The van der Waals surface area contributed by atoms with Gasteiger partial charge in [-0.15, -0.1) is 5.10 Å². The lowest BCUT2D eigenvalue weighted by Gasteiger charge is -2.38. The lowest BCUT2D eigenvalue weighted by Crippen LogP contribution is -2.49. The average molecular weight is 474 g/mol. The summed E-state index contributed by atoms with van der Waals surface area (Å²) in [5.74, 6) is 1.97. The third-order valence-corrected chi connectivity index (χ3v) is 6.86. The fourth-order valence-electron chi connectivity index (χ4n) is 4.93. The van der Waals surface area contributed by atoms with E-state index in [1.54, 1.807) is 4.68 Å². The zero-order valence-electron chi connectivity index (χ0n) is 19.6. The molecule has 4 aromatic rings. The van der Waals surface area contributed by atoms with Crippen molar-refractivity contribution in [2.45, 2.75) is 19.5 Å². The van der Waals surface area contributed by atoms with E-state index in [0.717, 1.165) is 43.7 Å². The number of benzene rings is 2. The molecule has 0 bridgehead atoms. The van der Waals surface area contributed by atoms with Crippen LogP contribution in [-0.4, -0.2) is 74.5 Å². The quantitative estimate of drug-likeness (QED) is 0.454. The van der Waals surface area contributed by atoms with Gasteiger partial charge in [-0.1, -0.05) is 37.3 Å². The monoisotopic (exact) mass is 473 g/mol. The van der Waals surface area contributed by atoms with Crippen molar-refractivity contribution < 1.29 is 9.47 Å². The number of hydrogen-bond donors (Lipinski definition) is 1. The molecular weight excluding hydrogens is 446 g/mol. The maximum Gasteiger partial charge on any atom is 0.253 e. The van der Waals surface area contributed by atoms with Crippen LogP contribution in [0.4, 0.5) is 0 Å². The van der Waals surface area contributed by atoms with Gasteiger partial charge in [0.2, 0.25) is 6.79 Å². The Labute approximate surface area is 202 Å². The van der Waals surface area contributed by atoms with Crippen LogP contribution < -0.4 is 15.0 Å². The van der Waals surface area contributed by atoms with Gasteiger partial charge in [-0.25, -0.2) is 4.68 Å². The van der Waals surface area contributed by atoms with Crippen LogP contribution in [0.3, 0.4) is 0 Å². The summed E-state index contributed by atoms with van der Waals surface area (Å²) in [4.78, 5) is 21.2. The van der Waals surface area contributed by atoms with Crippen molar-refractivity contribution in [3.8, 4) is 11.5 Å². The highest BCUT2D eigenvalue weighted by molar-refractivity contribution is 5.83. The van der Waals surface area contributed by atoms with Crippen LogP contribution in [0.5, 0.6) is 11.5 Å². The molecule has 1 fully saturated rings. The molecule has 2 aliphatic heterocycles. The molecule has 6 rings (SSSR count). The Balaban J connectivity index is 1.44. The van der Waals surface area contributed by atoms with E-state index >= 15 is 0 Å². The second-order valence-electron chi connectivity index (χ2n) is 8.90. The predicted molar refractivity (Wildman–Crippen MR) is 130 cm³/mol. The van der Waals surface area contributed by atoms with Gasteiger partial charge in [-0.3, -0.25) is 9.69 Å². The number of hydrogen-bond acceptors (Lipinski definition) is 8. The van der Waals surface area contributed by atoms with Gasteiger partial charge in [-0.2, -0.15) is 0 Å². The first-order valence-corrected chi connectivity index (χ1v) is 11.9. The molecular formula is C25H27N7O3. The number of rotatable bonds is 6. The molecule has 4 heterocycles. The van der Waals surface area contributed by atoms with Crippen LogP contribution in [-0.2, 0) is 6.54 Å². The normalized spacial score (nSPS) is 17.2. The highest BCUT2D eigenvalue weighted by Gasteiger charge is 2.32. The smallest absolute Gasteiger partial charge is 0.253 e. The Morgan fingerprint density at radius 2 is 1.80 bits per heavy atom. The highest BCUT2D eigenvalue weighted by atomic mass is 16.7. The molecule has 0 amide bonds. The molecule has 1 atom stereocenters. The molecule has 1 N–H and O–H groups in total. The Kier molecular flexibility index (Phi) is 5.67. The first kappa shape index (κ1) is 21.8. The molecule has 10 heteroatoms. The third-order valence-electron chi connectivity index (χ3n) is 6.86. The Bertz CT molecular complexity index is 1390. The molecule has 10 nitrogen and oxygen atoms in total. The number of ether oxygens (including phenoxy) is 2. The lowest BCUT2D eigenvalue weighted by atomic mass is 10.0. The van der Waals surface area contributed by atoms with E-state index in [-0.39, 0.29) is 18.4 Å². The Hall–Kier alpha value is -3.76. The molecule has 2 aliphatic rings. The molecule has 0 saturated carbocycles. The van der Waals surface area contributed by atoms with Gasteiger partial charge in [-0.05, 0) is 34.7 Å². The number of pyridine rings is 1. The summed E-state index contributed by atoms with van der Waals surface area (Å²) in [5, 5.41) is 13.6. The number of aromatic nitrogens is 5. The van der Waals surface area contributed by atoms with E-state index in [4.69, 9.17) is 9.47 Å². The Morgan fingerprint density at radius 3 is 2.57 bits per heavy atom. The standard InChI is InChI=1S/C25H27N7O3/c1-2-30-8-10-31(11-9-30)23(24-27-28-29-32(24)15-17-6-4-3-5-7-17)19-12-18-13-21-22(35-16-34-21)14-20(18)26-25(19)33/h3-7,12-14,23H,2,8-11,15-16H2,1H3,(H,26,33)/t23-/m0/s1. The van der Waals surface area contributed by atoms with Crippen molar-refractivity contribution in [3.63, 3.8) is 0 Å². The molecule has 0 aliphatic carbocycles. The minimum atomic E-state index is -0.383. The van der Waals surface area contributed by atoms with Crippen LogP contribution >= 0.6 is 0 Å². The van der Waals surface area contributed by atoms with E-state index in [2.05, 4.69) is 37.2 Å². The summed E-state index contributed by atoms with van der Waals surface area (Å²) in [7, 11) is 0. The molecule has 1 saturated heterocycles. The molecule has 180 valence electrons. The van der Waals surface area contributed by atoms with Crippen LogP contribution in [0.15, 0.2) is 53.3 Å². The van der Waals surface area contributed by atoms with Crippen molar-refractivity contribution in [2.24, 2.45) is 0 Å². The van der Waals surface area contributed by atoms with Crippen LogP contribution in [0.1, 0.15) is 29.9 Å². The number of H-pyrrole nitrogens is 1. The van der Waals surface area contributed by atoms with E-state index in [0.29, 0.717) is 34.9 Å². The number of tetrazole rings is 1. The maximum atomic E-state index is 13.5. The number of nitrogens with zero attached hydrogens (tertiary/aromatic N) is 6. The fraction of sp³-hybridized carbons (Fsp3) is 0.360. The Morgan fingerprint density at radius 1 is 1.03 bits per heavy atom. The van der Waals surface area contributed by atoms with Gasteiger partial charge >= 0.3 is 0 Å². The van der Waals surface area contributed by atoms with Gasteiger partial charge < -0.3 is 19.4 Å². The summed E-state index contributed by atoms with van der Waals surface area (Å²) in [6, 6.07) is 15.4. The van der Waals surface area contributed by atoms with E-state index in [1.807, 2.05) is 48.5 Å². The zero-order chi connectivity index (χ0) is 23.8. The third kappa shape index (κ3) is 4.15. The second kappa shape index (κ2) is 9.12. The van der Waals surface area contributed by atoms with Crippen molar-refractivity contribution >= 4 is 10.9 Å². The molecule has 2 aromatic heterocycles. The number of likely N-dealkylation sites (N-methyl/N-ethyl adjacent to an activating group) is 1. The minimum absolute atomic E-state index is 0.159. The van der Waals surface area contributed by atoms with E-state index in [9.17, 15) is 4.79 Å². The molecule has 35 heavy (non-hydrogen) atoms. The van der Waals surface area contributed by atoms with Gasteiger partial charge in [0.1, 0.15) is 6.04 Å². The first-order valence-electron chi connectivity index (χ1n) is 11.9. The number of aromatic amines is 1. The van der Waals surface area contributed by atoms with E-state index in [1.165, 1.54) is 0 Å². The minimum Gasteiger partial charge on any atom is -0.454 e. The highest BCUT2D eigenvalue weighted by Crippen LogP contribution is 2.36.